The highest BCUT2D eigenvalue weighted by atomic mass is 35.5. The highest BCUT2D eigenvalue weighted by molar-refractivity contribution is 6.30. The van der Waals surface area contributed by atoms with Gasteiger partial charge in [0, 0.05) is 24.5 Å². The van der Waals surface area contributed by atoms with E-state index in [1.807, 2.05) is 30.3 Å². The number of hydrogen-bond donors (Lipinski definition) is 2. The van der Waals surface area contributed by atoms with Crippen LogP contribution in [0, 0.1) is 0 Å². The first kappa shape index (κ1) is 22.9. The fourth-order valence-electron chi connectivity index (χ4n) is 4.46. The molecule has 6 heteroatoms. The molecule has 5 nitrogen and oxygen atoms in total. The van der Waals surface area contributed by atoms with E-state index in [9.17, 15) is 14.7 Å². The fourth-order valence-corrected chi connectivity index (χ4v) is 4.59. The van der Waals surface area contributed by atoms with E-state index in [4.69, 9.17) is 11.6 Å². The van der Waals surface area contributed by atoms with Gasteiger partial charge in [-0.1, -0.05) is 78.3 Å². The molecule has 1 aliphatic heterocycles. The molecule has 3 aromatic rings. The minimum absolute atomic E-state index is 0.177. The maximum Gasteiger partial charge on any atom is 0.405 e. The van der Waals surface area contributed by atoms with Crippen LogP contribution in [0.15, 0.2) is 78.9 Å². The van der Waals surface area contributed by atoms with Crippen LogP contribution in [0.3, 0.4) is 0 Å². The average molecular weight is 463 g/mol. The van der Waals surface area contributed by atoms with Gasteiger partial charge in [0.25, 0.3) is 0 Å². The molecule has 170 valence electrons. The van der Waals surface area contributed by atoms with Gasteiger partial charge in [0.15, 0.2) is 0 Å². The van der Waals surface area contributed by atoms with Crippen molar-refractivity contribution in [3.8, 4) is 11.1 Å². The molecule has 0 saturated carbocycles. The van der Waals surface area contributed by atoms with Crippen molar-refractivity contribution in [1.82, 2.24) is 10.2 Å². The Hall–Kier alpha value is -3.31. The fraction of sp³-hybridized carbons (Fsp3) is 0.259. The summed E-state index contributed by atoms with van der Waals surface area (Å²) in [6.07, 6.45) is 0.798. The van der Waals surface area contributed by atoms with Crippen LogP contribution >= 0.6 is 11.6 Å². The number of piperidine rings is 1. The number of amides is 2. The summed E-state index contributed by atoms with van der Waals surface area (Å²) >= 11 is 5.94. The van der Waals surface area contributed by atoms with Gasteiger partial charge in [-0.15, -0.1) is 0 Å². The quantitative estimate of drug-likeness (QED) is 0.501. The second-order valence-electron chi connectivity index (χ2n) is 8.42. The average Bonchev–Trinajstić information content (AvgIpc) is 2.85. The van der Waals surface area contributed by atoms with E-state index >= 15 is 0 Å². The molecule has 1 aliphatic rings. The molecule has 1 fully saturated rings. The Balaban J connectivity index is 1.41. The topological polar surface area (TPSA) is 69.6 Å². The minimum atomic E-state index is -1.20. The smallest absolute Gasteiger partial charge is 0.405 e. The largest absolute Gasteiger partial charge is 0.465 e. The highest BCUT2D eigenvalue weighted by Crippen LogP contribution is 2.31. The lowest BCUT2D eigenvalue weighted by Crippen LogP contribution is -2.51. The number of benzene rings is 3. The molecule has 33 heavy (non-hydrogen) atoms. The number of halogens is 1. The number of carbonyl (C=O) groups is 2. The Morgan fingerprint density at radius 1 is 0.939 bits per heavy atom. The first-order valence-electron chi connectivity index (χ1n) is 11.2. The molecule has 2 N–H and O–H groups in total. The molecule has 1 heterocycles. The number of nitrogens with one attached hydrogen (secondary N) is 1. The van der Waals surface area contributed by atoms with Gasteiger partial charge in [0.05, 0.1) is 0 Å². The molecular weight excluding hydrogens is 436 g/mol. The molecule has 0 unspecified atom stereocenters. The van der Waals surface area contributed by atoms with Crippen LogP contribution in [-0.4, -0.2) is 41.1 Å². The van der Waals surface area contributed by atoms with E-state index < -0.39 is 12.1 Å². The molecule has 3 aromatic carbocycles. The summed E-state index contributed by atoms with van der Waals surface area (Å²) in [5.41, 5.74) is 4.53. The number of carboxylic acid groups (broad SMARTS) is 1. The standard InChI is InChI=1S/C27H27ClN2O3/c28-24-11-9-19(10-12-24)17-25(29-27(32)33)26(31)30-15-13-21(14-16-30)23-8-4-7-22(18-23)20-5-2-1-3-6-20/h1-12,18,21,25,29H,13-17H2,(H,32,33)/t25-/m1/s1. The maximum absolute atomic E-state index is 13.2. The van der Waals surface area contributed by atoms with Crippen molar-refractivity contribution in [3.05, 3.63) is 95.0 Å². The normalized spacial score (nSPS) is 15.1. The van der Waals surface area contributed by atoms with Crippen molar-refractivity contribution >= 4 is 23.6 Å². The van der Waals surface area contributed by atoms with E-state index in [1.165, 1.54) is 16.7 Å². The zero-order valence-electron chi connectivity index (χ0n) is 18.3. The van der Waals surface area contributed by atoms with Gasteiger partial charge >= 0.3 is 6.09 Å². The van der Waals surface area contributed by atoms with Gasteiger partial charge in [-0.3, -0.25) is 4.79 Å². The summed E-state index contributed by atoms with van der Waals surface area (Å²) in [5.74, 6) is 0.198. The lowest BCUT2D eigenvalue weighted by Gasteiger charge is -2.34. The molecule has 0 aromatic heterocycles. The zero-order chi connectivity index (χ0) is 23.2. The van der Waals surface area contributed by atoms with Crippen LogP contribution in [0.25, 0.3) is 11.1 Å². The van der Waals surface area contributed by atoms with Crippen molar-refractivity contribution in [2.24, 2.45) is 0 Å². The Morgan fingerprint density at radius 3 is 2.27 bits per heavy atom. The van der Waals surface area contributed by atoms with Gasteiger partial charge in [-0.25, -0.2) is 4.79 Å². The monoisotopic (exact) mass is 462 g/mol. The van der Waals surface area contributed by atoms with Crippen LogP contribution in [0.1, 0.15) is 29.9 Å². The van der Waals surface area contributed by atoms with Gasteiger partial charge < -0.3 is 15.3 Å². The summed E-state index contributed by atoms with van der Waals surface area (Å²) in [6, 6.07) is 25.2. The predicted octanol–water partition coefficient (Wildman–Crippen LogP) is 5.59. The van der Waals surface area contributed by atoms with E-state index in [1.54, 1.807) is 17.0 Å². The Bertz CT molecular complexity index is 1090. The first-order chi connectivity index (χ1) is 16.0. The Labute approximate surface area is 199 Å². The van der Waals surface area contributed by atoms with Crippen molar-refractivity contribution in [2.45, 2.75) is 31.2 Å². The van der Waals surface area contributed by atoms with Gasteiger partial charge in [0.2, 0.25) is 5.91 Å². The van der Waals surface area contributed by atoms with Crippen molar-refractivity contribution in [1.29, 1.82) is 0 Å². The molecule has 4 rings (SSSR count). The molecule has 1 atom stereocenters. The van der Waals surface area contributed by atoms with Crippen LogP contribution < -0.4 is 5.32 Å². The molecule has 1 saturated heterocycles. The number of hydrogen-bond acceptors (Lipinski definition) is 2. The molecule has 0 spiro atoms. The SMILES string of the molecule is O=C(O)N[C@H](Cc1ccc(Cl)cc1)C(=O)N1CCC(c2cccc(-c3ccccc3)c2)CC1. The number of nitrogens with zero attached hydrogens (tertiary/aromatic N) is 1. The molecule has 2 amide bonds. The predicted molar refractivity (Wildman–Crippen MR) is 131 cm³/mol. The number of carbonyl (C=O) groups excluding carboxylic acids is 1. The lowest BCUT2D eigenvalue weighted by molar-refractivity contribution is -0.134. The minimum Gasteiger partial charge on any atom is -0.465 e. The third-order valence-corrected chi connectivity index (χ3v) is 6.47. The molecule has 0 aliphatic carbocycles. The van der Waals surface area contributed by atoms with E-state index in [2.05, 4.69) is 41.7 Å². The maximum atomic E-state index is 13.2. The second kappa shape index (κ2) is 10.5. The number of rotatable bonds is 6. The van der Waals surface area contributed by atoms with Crippen LogP contribution in [-0.2, 0) is 11.2 Å². The van der Waals surface area contributed by atoms with E-state index in [0.29, 0.717) is 30.5 Å². The van der Waals surface area contributed by atoms with Crippen LogP contribution in [0.2, 0.25) is 5.02 Å². The number of likely N-dealkylation sites (tertiary alicyclic amines) is 1. The summed E-state index contributed by atoms with van der Waals surface area (Å²) < 4.78 is 0. The second-order valence-corrected chi connectivity index (χ2v) is 8.86. The van der Waals surface area contributed by atoms with Crippen molar-refractivity contribution in [3.63, 3.8) is 0 Å². The van der Waals surface area contributed by atoms with Crippen LogP contribution in [0.4, 0.5) is 4.79 Å². The van der Waals surface area contributed by atoms with Gasteiger partial charge in [-0.05, 0) is 53.1 Å². The molecular formula is C27H27ClN2O3. The lowest BCUT2D eigenvalue weighted by atomic mass is 9.87. The third-order valence-electron chi connectivity index (χ3n) is 6.22. The Morgan fingerprint density at radius 2 is 1.61 bits per heavy atom. The van der Waals surface area contributed by atoms with E-state index in [-0.39, 0.29) is 5.91 Å². The first-order valence-corrected chi connectivity index (χ1v) is 11.6. The Kier molecular flexibility index (Phi) is 7.30. The molecule has 0 bridgehead atoms. The zero-order valence-corrected chi connectivity index (χ0v) is 19.0. The summed E-state index contributed by atoms with van der Waals surface area (Å²) in [6.45, 7) is 1.22. The van der Waals surface area contributed by atoms with Gasteiger partial charge in [0.1, 0.15) is 6.04 Å². The van der Waals surface area contributed by atoms with Crippen molar-refractivity contribution < 1.29 is 14.7 Å². The van der Waals surface area contributed by atoms with Gasteiger partial charge in [-0.2, -0.15) is 0 Å². The van der Waals surface area contributed by atoms with Crippen LogP contribution in [0.5, 0.6) is 0 Å². The molecule has 0 radical (unpaired) electrons. The van der Waals surface area contributed by atoms with E-state index in [0.717, 1.165) is 18.4 Å². The third kappa shape index (κ3) is 5.93. The summed E-state index contributed by atoms with van der Waals surface area (Å²) in [7, 11) is 0. The van der Waals surface area contributed by atoms with Crippen molar-refractivity contribution in [2.75, 3.05) is 13.1 Å². The summed E-state index contributed by atoms with van der Waals surface area (Å²) in [4.78, 5) is 26.3. The highest BCUT2D eigenvalue weighted by Gasteiger charge is 2.30. The summed E-state index contributed by atoms with van der Waals surface area (Å²) in [5, 5.41) is 12.3.